The maximum atomic E-state index is 10.9. The highest BCUT2D eigenvalue weighted by Gasteiger charge is 2.00. The van der Waals surface area contributed by atoms with E-state index in [1.807, 2.05) is 7.05 Å². The van der Waals surface area contributed by atoms with Crippen molar-refractivity contribution >= 4 is 5.91 Å². The SMILES string of the molecule is CCCCNCCCCCN(C)C(C)=O. The van der Waals surface area contributed by atoms with Crippen molar-refractivity contribution in [3.63, 3.8) is 0 Å². The molecular weight excluding hydrogens is 188 g/mol. The lowest BCUT2D eigenvalue weighted by molar-refractivity contribution is -0.127. The first-order valence-corrected chi connectivity index (χ1v) is 6.11. The highest BCUT2D eigenvalue weighted by molar-refractivity contribution is 5.72. The number of hydrogen-bond acceptors (Lipinski definition) is 2. The van der Waals surface area contributed by atoms with Crippen LogP contribution in [0, 0.1) is 0 Å². The van der Waals surface area contributed by atoms with Crippen molar-refractivity contribution in [3.8, 4) is 0 Å². The zero-order valence-corrected chi connectivity index (χ0v) is 10.5. The van der Waals surface area contributed by atoms with Crippen LogP contribution in [0.2, 0.25) is 0 Å². The second-order valence-corrected chi connectivity index (χ2v) is 4.10. The summed E-state index contributed by atoms with van der Waals surface area (Å²) >= 11 is 0. The molecule has 0 unspecified atom stereocenters. The minimum absolute atomic E-state index is 0.163. The predicted octanol–water partition coefficient (Wildman–Crippen LogP) is 2.02. The third-order valence-electron chi connectivity index (χ3n) is 2.59. The van der Waals surface area contributed by atoms with Crippen LogP contribution in [0.1, 0.15) is 46.0 Å². The lowest BCUT2D eigenvalue weighted by atomic mass is 10.2. The van der Waals surface area contributed by atoms with Gasteiger partial charge in [0.15, 0.2) is 0 Å². The van der Waals surface area contributed by atoms with E-state index in [1.54, 1.807) is 11.8 Å². The van der Waals surface area contributed by atoms with Crippen LogP contribution in [0.25, 0.3) is 0 Å². The largest absolute Gasteiger partial charge is 0.346 e. The Morgan fingerprint density at radius 1 is 1.13 bits per heavy atom. The molecule has 0 heterocycles. The standard InChI is InChI=1S/C12H26N2O/c1-4-5-9-13-10-7-6-8-11-14(3)12(2)15/h13H,4-11H2,1-3H3. The highest BCUT2D eigenvalue weighted by Crippen LogP contribution is 1.97. The maximum Gasteiger partial charge on any atom is 0.219 e. The van der Waals surface area contributed by atoms with Gasteiger partial charge in [0, 0.05) is 20.5 Å². The minimum atomic E-state index is 0.163. The molecule has 0 rings (SSSR count). The molecule has 0 aliphatic carbocycles. The van der Waals surface area contributed by atoms with Gasteiger partial charge in [-0.2, -0.15) is 0 Å². The fourth-order valence-corrected chi connectivity index (χ4v) is 1.36. The molecule has 0 atom stereocenters. The fraction of sp³-hybridized carbons (Fsp3) is 0.917. The Bertz CT molecular complexity index is 160. The molecule has 90 valence electrons. The number of nitrogens with zero attached hydrogens (tertiary/aromatic N) is 1. The average molecular weight is 214 g/mol. The van der Waals surface area contributed by atoms with Crippen molar-refractivity contribution in [2.75, 3.05) is 26.7 Å². The monoisotopic (exact) mass is 214 g/mol. The molecule has 15 heavy (non-hydrogen) atoms. The van der Waals surface area contributed by atoms with Crippen LogP contribution in [0.5, 0.6) is 0 Å². The lowest BCUT2D eigenvalue weighted by Crippen LogP contribution is -2.25. The van der Waals surface area contributed by atoms with Gasteiger partial charge in [-0.05, 0) is 32.4 Å². The molecule has 1 N–H and O–H groups in total. The molecule has 0 spiro atoms. The first-order valence-electron chi connectivity index (χ1n) is 6.11. The van der Waals surface area contributed by atoms with Crippen LogP contribution < -0.4 is 5.32 Å². The molecular formula is C12H26N2O. The fourth-order valence-electron chi connectivity index (χ4n) is 1.36. The first kappa shape index (κ1) is 14.4. The summed E-state index contributed by atoms with van der Waals surface area (Å²) in [5.41, 5.74) is 0. The van der Waals surface area contributed by atoms with Crippen LogP contribution in [-0.2, 0) is 4.79 Å². The van der Waals surface area contributed by atoms with Crippen LogP contribution in [0.15, 0.2) is 0 Å². The Morgan fingerprint density at radius 2 is 1.80 bits per heavy atom. The van der Waals surface area contributed by atoms with E-state index in [2.05, 4.69) is 12.2 Å². The summed E-state index contributed by atoms with van der Waals surface area (Å²) in [6.45, 7) is 6.98. The third kappa shape index (κ3) is 9.73. The molecule has 0 bridgehead atoms. The van der Waals surface area contributed by atoms with Gasteiger partial charge in [0.2, 0.25) is 5.91 Å². The van der Waals surface area contributed by atoms with Gasteiger partial charge in [-0.25, -0.2) is 0 Å². The van der Waals surface area contributed by atoms with E-state index in [1.165, 1.54) is 25.7 Å². The minimum Gasteiger partial charge on any atom is -0.346 e. The van der Waals surface area contributed by atoms with Gasteiger partial charge in [0.25, 0.3) is 0 Å². The molecule has 3 nitrogen and oxygen atoms in total. The van der Waals surface area contributed by atoms with Gasteiger partial charge >= 0.3 is 0 Å². The molecule has 0 radical (unpaired) electrons. The molecule has 0 saturated heterocycles. The van der Waals surface area contributed by atoms with Crippen molar-refractivity contribution in [3.05, 3.63) is 0 Å². The Morgan fingerprint density at radius 3 is 2.40 bits per heavy atom. The summed E-state index contributed by atoms with van der Waals surface area (Å²) in [4.78, 5) is 12.7. The number of hydrogen-bond donors (Lipinski definition) is 1. The van der Waals surface area contributed by atoms with E-state index in [0.29, 0.717) is 0 Å². The van der Waals surface area contributed by atoms with Crippen LogP contribution in [0.3, 0.4) is 0 Å². The Labute approximate surface area is 94.2 Å². The van der Waals surface area contributed by atoms with Gasteiger partial charge in [-0.1, -0.05) is 19.8 Å². The van der Waals surface area contributed by atoms with Crippen LogP contribution in [0.4, 0.5) is 0 Å². The van der Waals surface area contributed by atoms with E-state index in [9.17, 15) is 4.79 Å². The predicted molar refractivity (Wildman–Crippen MR) is 64.9 cm³/mol. The van der Waals surface area contributed by atoms with E-state index >= 15 is 0 Å². The molecule has 0 aromatic rings. The lowest BCUT2D eigenvalue weighted by Gasteiger charge is -2.14. The molecule has 3 heteroatoms. The van der Waals surface area contributed by atoms with E-state index in [0.717, 1.165) is 26.1 Å². The zero-order chi connectivity index (χ0) is 11.5. The summed E-state index contributed by atoms with van der Waals surface area (Å²) < 4.78 is 0. The van der Waals surface area contributed by atoms with Gasteiger partial charge < -0.3 is 10.2 Å². The van der Waals surface area contributed by atoms with E-state index in [4.69, 9.17) is 0 Å². The average Bonchev–Trinajstić information content (AvgIpc) is 2.21. The number of amides is 1. The summed E-state index contributed by atoms with van der Waals surface area (Å²) in [6, 6.07) is 0. The van der Waals surface area contributed by atoms with Crippen molar-refractivity contribution in [1.82, 2.24) is 10.2 Å². The van der Waals surface area contributed by atoms with E-state index < -0.39 is 0 Å². The summed E-state index contributed by atoms with van der Waals surface area (Å²) in [5, 5.41) is 3.42. The normalized spacial score (nSPS) is 10.3. The zero-order valence-electron chi connectivity index (χ0n) is 10.5. The van der Waals surface area contributed by atoms with Gasteiger partial charge in [-0.15, -0.1) is 0 Å². The summed E-state index contributed by atoms with van der Waals surface area (Å²) in [5.74, 6) is 0.163. The maximum absolute atomic E-state index is 10.9. The highest BCUT2D eigenvalue weighted by atomic mass is 16.2. The summed E-state index contributed by atoms with van der Waals surface area (Å²) in [6.07, 6.45) is 6.07. The van der Waals surface area contributed by atoms with Crippen LogP contribution >= 0.6 is 0 Å². The Balaban J connectivity index is 3.08. The number of unbranched alkanes of at least 4 members (excludes halogenated alkanes) is 3. The molecule has 0 aliphatic rings. The second kappa shape index (κ2) is 9.97. The quantitative estimate of drug-likeness (QED) is 0.596. The van der Waals surface area contributed by atoms with Crippen molar-refractivity contribution in [2.45, 2.75) is 46.0 Å². The molecule has 0 aromatic heterocycles. The molecule has 0 aromatic carbocycles. The van der Waals surface area contributed by atoms with Gasteiger partial charge in [0.1, 0.15) is 0 Å². The summed E-state index contributed by atoms with van der Waals surface area (Å²) in [7, 11) is 1.86. The second-order valence-electron chi connectivity index (χ2n) is 4.10. The molecule has 0 aliphatic heterocycles. The van der Waals surface area contributed by atoms with Gasteiger partial charge in [0.05, 0.1) is 0 Å². The number of nitrogens with one attached hydrogen (secondary N) is 1. The smallest absolute Gasteiger partial charge is 0.219 e. The molecule has 0 saturated carbocycles. The van der Waals surface area contributed by atoms with Crippen molar-refractivity contribution in [1.29, 1.82) is 0 Å². The Kier molecular flexibility index (Phi) is 9.59. The Hall–Kier alpha value is -0.570. The van der Waals surface area contributed by atoms with Crippen molar-refractivity contribution < 1.29 is 4.79 Å². The third-order valence-corrected chi connectivity index (χ3v) is 2.59. The van der Waals surface area contributed by atoms with Crippen LogP contribution in [-0.4, -0.2) is 37.5 Å². The number of carbonyl (C=O) groups is 1. The first-order chi connectivity index (χ1) is 7.18. The van der Waals surface area contributed by atoms with E-state index in [-0.39, 0.29) is 5.91 Å². The topological polar surface area (TPSA) is 32.3 Å². The van der Waals surface area contributed by atoms with Gasteiger partial charge in [-0.3, -0.25) is 4.79 Å². The molecule has 1 amide bonds. The number of rotatable bonds is 9. The molecule has 0 fully saturated rings. The van der Waals surface area contributed by atoms with Crippen molar-refractivity contribution in [2.24, 2.45) is 0 Å². The number of carbonyl (C=O) groups excluding carboxylic acids is 1.